The zero-order valence-corrected chi connectivity index (χ0v) is 15.2. The first-order chi connectivity index (χ1) is 9.45. The Balaban J connectivity index is 3.46. The van der Waals surface area contributed by atoms with Crippen molar-refractivity contribution in [1.29, 1.82) is 0 Å². The molecule has 0 aromatic heterocycles. The Morgan fingerprint density at radius 1 is 1.00 bits per heavy atom. The van der Waals surface area contributed by atoms with E-state index in [2.05, 4.69) is 45.6 Å². The predicted octanol–water partition coefficient (Wildman–Crippen LogP) is 5.68. The number of hydrogen-bond acceptors (Lipinski definition) is 2. The highest BCUT2D eigenvalue weighted by Gasteiger charge is 2.13. The molecule has 0 aromatic carbocycles. The summed E-state index contributed by atoms with van der Waals surface area (Å²) in [5.74, 6) is 0. The molecule has 0 spiro atoms. The lowest BCUT2D eigenvalue weighted by atomic mass is 10.1. The standard InChI is InChI=1S/C17H34O2Si/c1-6-7-8-9-10-11-12-13-14-18-15-17(2)16-19-20(3,4)5/h12-13,16H,6-11,14-15H2,1-5H3. The second-order valence-electron chi connectivity index (χ2n) is 6.38. The fourth-order valence-corrected chi connectivity index (χ4v) is 2.21. The van der Waals surface area contributed by atoms with Crippen molar-refractivity contribution in [2.24, 2.45) is 0 Å². The van der Waals surface area contributed by atoms with E-state index in [0.717, 1.165) is 5.57 Å². The zero-order chi connectivity index (χ0) is 15.3. The van der Waals surface area contributed by atoms with Crippen LogP contribution in [0.3, 0.4) is 0 Å². The molecule has 118 valence electrons. The van der Waals surface area contributed by atoms with Gasteiger partial charge in [-0.05, 0) is 45.0 Å². The van der Waals surface area contributed by atoms with Gasteiger partial charge in [0.2, 0.25) is 8.32 Å². The Labute approximate surface area is 127 Å². The average molecular weight is 299 g/mol. The van der Waals surface area contributed by atoms with Gasteiger partial charge in [-0.1, -0.05) is 44.8 Å². The van der Waals surface area contributed by atoms with Gasteiger partial charge >= 0.3 is 0 Å². The van der Waals surface area contributed by atoms with Crippen LogP contribution in [0, 0.1) is 0 Å². The fraction of sp³-hybridized carbons (Fsp3) is 0.765. The number of rotatable bonds is 12. The first kappa shape index (κ1) is 19.5. The quantitative estimate of drug-likeness (QED) is 0.200. The molecule has 0 aliphatic rings. The van der Waals surface area contributed by atoms with Gasteiger partial charge < -0.3 is 9.16 Å². The molecule has 0 unspecified atom stereocenters. The Morgan fingerprint density at radius 2 is 1.70 bits per heavy atom. The fourth-order valence-electron chi connectivity index (χ4n) is 1.65. The summed E-state index contributed by atoms with van der Waals surface area (Å²) in [6.07, 6.45) is 14.1. The summed E-state index contributed by atoms with van der Waals surface area (Å²) in [6.45, 7) is 12.2. The van der Waals surface area contributed by atoms with Crippen LogP contribution in [0.4, 0.5) is 0 Å². The van der Waals surface area contributed by atoms with Crippen LogP contribution in [0.15, 0.2) is 24.0 Å². The van der Waals surface area contributed by atoms with Gasteiger partial charge in [0.25, 0.3) is 0 Å². The van der Waals surface area contributed by atoms with E-state index in [0.29, 0.717) is 13.2 Å². The summed E-state index contributed by atoms with van der Waals surface area (Å²) in [4.78, 5) is 0. The number of hydrogen-bond donors (Lipinski definition) is 0. The minimum Gasteiger partial charge on any atom is -0.550 e. The molecule has 0 aliphatic carbocycles. The van der Waals surface area contributed by atoms with E-state index in [1.54, 1.807) is 0 Å². The van der Waals surface area contributed by atoms with E-state index in [1.807, 2.05) is 6.26 Å². The van der Waals surface area contributed by atoms with E-state index in [1.165, 1.54) is 38.5 Å². The molecular weight excluding hydrogens is 264 g/mol. The van der Waals surface area contributed by atoms with E-state index in [9.17, 15) is 0 Å². The Hall–Kier alpha value is -0.543. The van der Waals surface area contributed by atoms with E-state index in [4.69, 9.17) is 9.16 Å². The average Bonchev–Trinajstić information content (AvgIpc) is 2.38. The highest BCUT2D eigenvalue weighted by molar-refractivity contribution is 6.69. The molecule has 3 heteroatoms. The van der Waals surface area contributed by atoms with Gasteiger partial charge in [0.1, 0.15) is 0 Å². The molecule has 0 amide bonds. The Morgan fingerprint density at radius 3 is 2.35 bits per heavy atom. The molecule has 0 aliphatic heterocycles. The van der Waals surface area contributed by atoms with Crippen LogP contribution in [0.2, 0.25) is 19.6 Å². The summed E-state index contributed by atoms with van der Waals surface area (Å²) >= 11 is 0. The van der Waals surface area contributed by atoms with Gasteiger partial charge in [-0.2, -0.15) is 0 Å². The van der Waals surface area contributed by atoms with Gasteiger partial charge in [0.15, 0.2) is 0 Å². The molecule has 0 heterocycles. The van der Waals surface area contributed by atoms with Crippen LogP contribution in [-0.2, 0) is 9.16 Å². The molecule has 0 rings (SSSR count). The van der Waals surface area contributed by atoms with Gasteiger partial charge in [-0.3, -0.25) is 0 Å². The van der Waals surface area contributed by atoms with Crippen LogP contribution in [-0.4, -0.2) is 21.5 Å². The minimum absolute atomic E-state index is 0.658. The van der Waals surface area contributed by atoms with Crippen molar-refractivity contribution in [1.82, 2.24) is 0 Å². The molecule has 2 nitrogen and oxygen atoms in total. The molecule has 20 heavy (non-hydrogen) atoms. The van der Waals surface area contributed by atoms with Crippen LogP contribution < -0.4 is 0 Å². The molecular formula is C17H34O2Si. The summed E-state index contributed by atoms with van der Waals surface area (Å²) in [5.41, 5.74) is 1.15. The first-order valence-electron chi connectivity index (χ1n) is 8.02. The lowest BCUT2D eigenvalue weighted by Gasteiger charge is -2.16. The molecule has 0 saturated heterocycles. The topological polar surface area (TPSA) is 18.5 Å². The van der Waals surface area contributed by atoms with Gasteiger partial charge in [0, 0.05) is 0 Å². The summed E-state index contributed by atoms with van der Waals surface area (Å²) in [7, 11) is -1.45. The van der Waals surface area contributed by atoms with Crippen LogP contribution >= 0.6 is 0 Å². The largest absolute Gasteiger partial charge is 0.550 e. The highest BCUT2D eigenvalue weighted by Crippen LogP contribution is 2.06. The molecule has 0 saturated carbocycles. The van der Waals surface area contributed by atoms with Crippen molar-refractivity contribution in [3.8, 4) is 0 Å². The van der Waals surface area contributed by atoms with Crippen LogP contribution in [0.25, 0.3) is 0 Å². The SMILES string of the molecule is CCCCCCCC=CCOCC(C)=CO[Si](C)(C)C. The molecule has 0 bridgehead atoms. The van der Waals surface area contributed by atoms with E-state index >= 15 is 0 Å². The normalized spacial score (nSPS) is 13.2. The predicted molar refractivity (Wildman–Crippen MR) is 91.5 cm³/mol. The number of unbranched alkanes of at least 4 members (excludes halogenated alkanes) is 5. The van der Waals surface area contributed by atoms with Crippen molar-refractivity contribution in [3.05, 3.63) is 24.0 Å². The second-order valence-corrected chi connectivity index (χ2v) is 10.8. The van der Waals surface area contributed by atoms with Crippen molar-refractivity contribution in [2.75, 3.05) is 13.2 Å². The van der Waals surface area contributed by atoms with Gasteiger partial charge in [-0.25, -0.2) is 0 Å². The summed E-state index contributed by atoms with van der Waals surface area (Å²) < 4.78 is 11.3. The Bertz CT molecular complexity index is 277. The van der Waals surface area contributed by atoms with Gasteiger partial charge in [-0.15, -0.1) is 0 Å². The molecule has 0 atom stereocenters. The maximum absolute atomic E-state index is 5.71. The summed E-state index contributed by atoms with van der Waals surface area (Å²) in [6, 6.07) is 0. The number of allylic oxidation sites excluding steroid dienone is 1. The van der Waals surface area contributed by atoms with Crippen LogP contribution in [0.5, 0.6) is 0 Å². The molecule has 0 N–H and O–H groups in total. The van der Waals surface area contributed by atoms with Crippen molar-refractivity contribution in [2.45, 2.75) is 72.0 Å². The van der Waals surface area contributed by atoms with Crippen molar-refractivity contribution >= 4 is 8.32 Å². The molecule has 0 fully saturated rings. The third-order valence-corrected chi connectivity index (χ3v) is 3.62. The smallest absolute Gasteiger partial charge is 0.241 e. The van der Waals surface area contributed by atoms with Crippen LogP contribution in [0.1, 0.15) is 52.4 Å². The number of ether oxygens (including phenoxy) is 1. The van der Waals surface area contributed by atoms with Crippen molar-refractivity contribution < 1.29 is 9.16 Å². The highest BCUT2D eigenvalue weighted by atomic mass is 28.4. The zero-order valence-electron chi connectivity index (χ0n) is 14.2. The molecule has 0 aromatic rings. The second kappa shape index (κ2) is 12.2. The third-order valence-electron chi connectivity index (χ3n) is 2.80. The van der Waals surface area contributed by atoms with Gasteiger partial charge in [0.05, 0.1) is 19.5 Å². The van der Waals surface area contributed by atoms with E-state index < -0.39 is 8.32 Å². The van der Waals surface area contributed by atoms with Crippen molar-refractivity contribution in [3.63, 3.8) is 0 Å². The minimum atomic E-state index is -1.45. The lowest BCUT2D eigenvalue weighted by molar-refractivity contribution is 0.184. The first-order valence-corrected chi connectivity index (χ1v) is 11.4. The lowest BCUT2D eigenvalue weighted by Crippen LogP contribution is -2.22. The van der Waals surface area contributed by atoms with E-state index in [-0.39, 0.29) is 0 Å². The summed E-state index contributed by atoms with van der Waals surface area (Å²) in [5, 5.41) is 0. The maximum atomic E-state index is 5.71. The third kappa shape index (κ3) is 15.5. The molecule has 0 radical (unpaired) electrons. The maximum Gasteiger partial charge on any atom is 0.241 e. The Kier molecular flexibility index (Phi) is 11.9. The monoisotopic (exact) mass is 298 g/mol.